The van der Waals surface area contributed by atoms with Gasteiger partial charge in [-0.25, -0.2) is 14.5 Å². The van der Waals surface area contributed by atoms with Crippen molar-refractivity contribution in [2.75, 3.05) is 0 Å². The predicted octanol–water partition coefficient (Wildman–Crippen LogP) is 2.30. The summed E-state index contributed by atoms with van der Waals surface area (Å²) < 4.78 is 1.52. The highest BCUT2D eigenvalue weighted by molar-refractivity contribution is 6.32. The summed E-state index contributed by atoms with van der Waals surface area (Å²) in [7, 11) is 0. The van der Waals surface area contributed by atoms with E-state index >= 15 is 0 Å². The number of rotatable bonds is 2. The van der Waals surface area contributed by atoms with Crippen molar-refractivity contribution in [3.05, 3.63) is 54.2 Å². The van der Waals surface area contributed by atoms with E-state index in [9.17, 15) is 4.79 Å². The quantitative estimate of drug-likeness (QED) is 0.579. The van der Waals surface area contributed by atoms with Crippen LogP contribution < -0.4 is 0 Å². The van der Waals surface area contributed by atoms with Crippen molar-refractivity contribution in [2.24, 2.45) is 4.99 Å². The van der Waals surface area contributed by atoms with Crippen molar-refractivity contribution in [1.82, 2.24) is 25.0 Å². The number of carbonyl (C=O) groups excluding carboxylic acids is 1. The Balaban J connectivity index is 0.000000247. The first-order valence-corrected chi connectivity index (χ1v) is 5.86. The van der Waals surface area contributed by atoms with Crippen molar-refractivity contribution >= 4 is 23.4 Å². The maximum atomic E-state index is 10.0. The summed E-state index contributed by atoms with van der Waals surface area (Å²) in [6.07, 6.45) is 9.64. The Morgan fingerprint density at radius 1 is 1.35 bits per heavy atom. The number of isocyanates is 1. The zero-order valence-corrected chi connectivity index (χ0v) is 10.9. The first kappa shape index (κ1) is 13.7. The number of nitrogens with one attached hydrogen (secondary N) is 1. The van der Waals surface area contributed by atoms with Crippen molar-refractivity contribution in [3.63, 3.8) is 0 Å². The van der Waals surface area contributed by atoms with E-state index in [0.717, 1.165) is 0 Å². The average molecular weight is 289 g/mol. The maximum Gasteiger partial charge on any atom is 0.240 e. The Labute approximate surface area is 119 Å². The van der Waals surface area contributed by atoms with Crippen LogP contribution in [0.3, 0.4) is 0 Å². The normalized spacial score (nSPS) is 9.25. The lowest BCUT2D eigenvalue weighted by Gasteiger charge is -2.02. The molecule has 0 bridgehead atoms. The Bertz CT molecular complexity index is 672. The van der Waals surface area contributed by atoms with Gasteiger partial charge in [0, 0.05) is 24.8 Å². The number of aromatic amines is 1. The molecule has 3 rings (SSSR count). The molecule has 7 nitrogen and oxygen atoms in total. The maximum absolute atomic E-state index is 10.0. The molecule has 0 saturated heterocycles. The highest BCUT2D eigenvalue weighted by atomic mass is 35.5. The van der Waals surface area contributed by atoms with Crippen molar-refractivity contribution < 1.29 is 4.79 Å². The molecule has 0 saturated carbocycles. The zero-order valence-electron chi connectivity index (χ0n) is 10.1. The Hall–Kier alpha value is -2.76. The molecule has 3 aromatic rings. The first-order chi connectivity index (χ1) is 9.81. The molecule has 0 fully saturated rings. The number of hydrogen-bond donors (Lipinski definition) is 1. The van der Waals surface area contributed by atoms with Gasteiger partial charge in [0.25, 0.3) is 0 Å². The molecule has 0 radical (unpaired) electrons. The summed E-state index contributed by atoms with van der Waals surface area (Å²) in [5, 5.41) is 10.6. The fraction of sp³-hybridized carbons (Fsp3) is 0. The molecular formula is C12H9ClN6O. The van der Waals surface area contributed by atoms with Crippen LogP contribution in [-0.4, -0.2) is 31.0 Å². The summed E-state index contributed by atoms with van der Waals surface area (Å²) in [6, 6.07) is 5.12. The molecule has 0 aliphatic carbocycles. The fourth-order valence-corrected chi connectivity index (χ4v) is 1.56. The molecule has 8 heteroatoms. The van der Waals surface area contributed by atoms with Crippen LogP contribution in [0.5, 0.6) is 0 Å². The third-order valence-corrected chi connectivity index (χ3v) is 2.39. The zero-order chi connectivity index (χ0) is 14.2. The molecule has 3 aromatic heterocycles. The number of halogens is 1. The minimum atomic E-state index is 0.367. The molecule has 0 aliphatic heterocycles. The second-order valence-corrected chi connectivity index (χ2v) is 3.83. The van der Waals surface area contributed by atoms with Crippen LogP contribution in [0, 0.1) is 0 Å². The van der Waals surface area contributed by atoms with Gasteiger partial charge in [-0.15, -0.1) is 0 Å². The SMILES string of the molecule is O=C=Nc1cnc(-n2cccn2)c(Cl)c1.c1cn[nH]c1. The number of pyridine rings is 1. The van der Waals surface area contributed by atoms with E-state index < -0.39 is 0 Å². The predicted molar refractivity (Wildman–Crippen MR) is 72.7 cm³/mol. The number of hydrogen-bond acceptors (Lipinski definition) is 5. The Morgan fingerprint density at radius 2 is 2.25 bits per heavy atom. The number of aromatic nitrogens is 5. The van der Waals surface area contributed by atoms with Crippen LogP contribution in [-0.2, 0) is 4.79 Å². The molecule has 0 unspecified atom stereocenters. The molecule has 0 aromatic carbocycles. The van der Waals surface area contributed by atoms with E-state index in [0.29, 0.717) is 16.5 Å². The van der Waals surface area contributed by atoms with E-state index in [4.69, 9.17) is 11.6 Å². The van der Waals surface area contributed by atoms with E-state index in [-0.39, 0.29) is 0 Å². The van der Waals surface area contributed by atoms with E-state index in [1.807, 2.05) is 6.07 Å². The van der Waals surface area contributed by atoms with E-state index in [1.54, 1.807) is 30.9 Å². The highest BCUT2D eigenvalue weighted by Gasteiger charge is 2.05. The summed E-state index contributed by atoms with van der Waals surface area (Å²) >= 11 is 5.94. The van der Waals surface area contributed by atoms with Crippen LogP contribution in [0.1, 0.15) is 0 Å². The lowest BCUT2D eigenvalue weighted by atomic mass is 10.4. The minimum Gasteiger partial charge on any atom is -0.286 e. The summed E-state index contributed by atoms with van der Waals surface area (Å²) in [5.74, 6) is 0.492. The molecule has 3 heterocycles. The van der Waals surface area contributed by atoms with Crippen LogP contribution >= 0.6 is 11.6 Å². The second kappa shape index (κ2) is 6.98. The fourth-order valence-electron chi connectivity index (χ4n) is 1.31. The largest absolute Gasteiger partial charge is 0.286 e. The number of aliphatic imine (C=N–C) groups is 1. The Morgan fingerprint density at radius 3 is 2.75 bits per heavy atom. The van der Waals surface area contributed by atoms with Gasteiger partial charge < -0.3 is 0 Å². The van der Waals surface area contributed by atoms with Crippen LogP contribution in [0.2, 0.25) is 5.02 Å². The summed E-state index contributed by atoms with van der Waals surface area (Å²) in [5.41, 5.74) is 0.367. The van der Waals surface area contributed by atoms with Crippen LogP contribution in [0.15, 0.2) is 54.2 Å². The minimum absolute atomic E-state index is 0.367. The van der Waals surface area contributed by atoms with Crippen LogP contribution in [0.4, 0.5) is 5.69 Å². The third-order valence-electron chi connectivity index (χ3n) is 2.11. The highest BCUT2D eigenvalue weighted by Crippen LogP contribution is 2.22. The van der Waals surface area contributed by atoms with Gasteiger partial charge in [-0.3, -0.25) is 5.10 Å². The lowest BCUT2D eigenvalue weighted by Crippen LogP contribution is -1.97. The van der Waals surface area contributed by atoms with Crippen molar-refractivity contribution in [3.8, 4) is 5.82 Å². The van der Waals surface area contributed by atoms with Crippen LogP contribution in [0.25, 0.3) is 5.82 Å². The first-order valence-electron chi connectivity index (χ1n) is 5.48. The topological polar surface area (TPSA) is 88.8 Å². The Kier molecular flexibility index (Phi) is 4.77. The number of H-pyrrole nitrogens is 1. The third kappa shape index (κ3) is 3.61. The van der Waals surface area contributed by atoms with Crippen molar-refractivity contribution in [2.45, 2.75) is 0 Å². The smallest absolute Gasteiger partial charge is 0.240 e. The molecule has 20 heavy (non-hydrogen) atoms. The van der Waals surface area contributed by atoms with Crippen molar-refractivity contribution in [1.29, 1.82) is 0 Å². The molecule has 1 N–H and O–H groups in total. The molecular weight excluding hydrogens is 280 g/mol. The molecule has 100 valence electrons. The standard InChI is InChI=1S/C9H5ClN4O.C3H4N2/c10-8-4-7(12-6-15)5-11-9(8)14-3-1-2-13-14;1-2-4-5-3-1/h1-5H;1-3H,(H,4,5). The van der Waals surface area contributed by atoms with Gasteiger partial charge in [-0.2, -0.15) is 15.2 Å². The molecule has 0 atom stereocenters. The van der Waals surface area contributed by atoms with Gasteiger partial charge >= 0.3 is 0 Å². The van der Waals surface area contributed by atoms with Gasteiger partial charge in [0.05, 0.1) is 16.9 Å². The lowest BCUT2D eigenvalue weighted by molar-refractivity contribution is 0.565. The molecule has 0 amide bonds. The molecule has 0 aliphatic rings. The van der Waals surface area contributed by atoms with Gasteiger partial charge in [-0.05, 0) is 18.2 Å². The molecule has 0 spiro atoms. The van der Waals surface area contributed by atoms with E-state index in [2.05, 4.69) is 25.3 Å². The monoisotopic (exact) mass is 288 g/mol. The van der Waals surface area contributed by atoms with E-state index in [1.165, 1.54) is 23.0 Å². The van der Waals surface area contributed by atoms with Gasteiger partial charge in [0.2, 0.25) is 6.08 Å². The number of nitrogens with zero attached hydrogens (tertiary/aromatic N) is 5. The van der Waals surface area contributed by atoms with Gasteiger partial charge in [-0.1, -0.05) is 11.6 Å². The van der Waals surface area contributed by atoms with Gasteiger partial charge in [0.1, 0.15) is 0 Å². The summed E-state index contributed by atoms with van der Waals surface area (Å²) in [6.45, 7) is 0. The average Bonchev–Trinajstić information content (AvgIpc) is 3.16. The summed E-state index contributed by atoms with van der Waals surface area (Å²) in [4.78, 5) is 17.5. The van der Waals surface area contributed by atoms with Gasteiger partial charge in [0.15, 0.2) is 5.82 Å². The second-order valence-electron chi connectivity index (χ2n) is 3.42.